The van der Waals surface area contributed by atoms with Crippen LogP contribution in [0.5, 0.6) is 11.5 Å². The summed E-state index contributed by atoms with van der Waals surface area (Å²) in [6.45, 7) is 0. The van der Waals surface area contributed by atoms with Crippen molar-refractivity contribution in [2.24, 2.45) is 0 Å². The zero-order valence-corrected chi connectivity index (χ0v) is 13.2. The Labute approximate surface area is 144 Å². The van der Waals surface area contributed by atoms with Crippen molar-refractivity contribution in [3.05, 3.63) is 58.1 Å². The van der Waals surface area contributed by atoms with E-state index in [-0.39, 0.29) is 16.5 Å². The van der Waals surface area contributed by atoms with Crippen molar-refractivity contribution in [2.45, 2.75) is 12.5 Å². The minimum absolute atomic E-state index is 0.000350. The van der Waals surface area contributed by atoms with Crippen LogP contribution in [0.25, 0.3) is 0 Å². The third-order valence-corrected chi connectivity index (χ3v) is 3.28. The van der Waals surface area contributed by atoms with Gasteiger partial charge in [-0.1, -0.05) is 23.2 Å². The number of benzene rings is 2. The fourth-order valence-corrected chi connectivity index (χ4v) is 2.11. The first-order chi connectivity index (χ1) is 11.2. The van der Waals surface area contributed by atoms with E-state index in [0.29, 0.717) is 5.02 Å². The van der Waals surface area contributed by atoms with E-state index < -0.39 is 24.0 Å². The van der Waals surface area contributed by atoms with Gasteiger partial charge in [0.2, 0.25) is 0 Å². The zero-order valence-electron chi connectivity index (χ0n) is 11.7. The van der Waals surface area contributed by atoms with Gasteiger partial charge in [0.05, 0.1) is 10.6 Å². The van der Waals surface area contributed by atoms with Crippen molar-refractivity contribution in [1.82, 2.24) is 0 Å². The molecule has 0 fully saturated rings. The number of rotatable bonds is 5. The second kappa shape index (κ2) is 7.19. The Morgan fingerprint density at radius 3 is 2.17 bits per heavy atom. The molecule has 0 aliphatic carbocycles. The summed E-state index contributed by atoms with van der Waals surface area (Å²) in [5.41, 5.74) is -0.886. The Balaban J connectivity index is 2.15. The number of hydrogen-bond acceptors (Lipinski definition) is 3. The summed E-state index contributed by atoms with van der Waals surface area (Å²) in [7, 11) is 0. The molecule has 2 aromatic carbocycles. The molecule has 0 saturated carbocycles. The summed E-state index contributed by atoms with van der Waals surface area (Å²) in [6.07, 6.45) is -6.31. The van der Waals surface area contributed by atoms with Crippen LogP contribution in [0.4, 0.5) is 13.2 Å². The quantitative estimate of drug-likeness (QED) is 0.751. The monoisotopic (exact) mass is 380 g/mol. The van der Waals surface area contributed by atoms with Gasteiger partial charge in [0.25, 0.3) is 0 Å². The summed E-state index contributed by atoms with van der Waals surface area (Å²) in [5, 5.41) is 9.51. The van der Waals surface area contributed by atoms with E-state index in [1.165, 1.54) is 18.2 Å². The van der Waals surface area contributed by atoms with Crippen molar-refractivity contribution < 1.29 is 32.5 Å². The van der Waals surface area contributed by atoms with Gasteiger partial charge in [0.1, 0.15) is 11.5 Å². The largest absolute Gasteiger partial charge is 0.476 e. The lowest BCUT2D eigenvalue weighted by Crippen LogP contribution is -2.33. The number of carboxylic acid groups (broad SMARTS) is 1. The van der Waals surface area contributed by atoms with Gasteiger partial charge < -0.3 is 14.6 Å². The maximum atomic E-state index is 12.5. The van der Waals surface area contributed by atoms with Crippen LogP contribution in [0, 0.1) is 0 Å². The maximum Gasteiger partial charge on any atom is 0.416 e. The number of carboxylic acids is 1. The van der Waals surface area contributed by atoms with Crippen LogP contribution >= 0.6 is 23.2 Å². The summed E-state index contributed by atoms with van der Waals surface area (Å²) in [4.78, 5) is 11.2. The first-order valence-electron chi connectivity index (χ1n) is 6.35. The molecule has 4 nitrogen and oxygen atoms in total. The fourth-order valence-electron chi connectivity index (χ4n) is 1.66. The summed E-state index contributed by atoms with van der Waals surface area (Å²) >= 11 is 11.6. The molecule has 1 unspecified atom stereocenters. The zero-order chi connectivity index (χ0) is 17.9. The molecule has 0 aromatic heterocycles. The highest BCUT2D eigenvalue weighted by atomic mass is 35.5. The molecular weight excluding hydrogens is 372 g/mol. The topological polar surface area (TPSA) is 55.8 Å². The number of alkyl halides is 3. The van der Waals surface area contributed by atoms with Crippen molar-refractivity contribution in [1.29, 1.82) is 0 Å². The lowest BCUT2D eigenvalue weighted by atomic mass is 10.2. The highest BCUT2D eigenvalue weighted by Gasteiger charge is 2.30. The van der Waals surface area contributed by atoms with E-state index in [4.69, 9.17) is 37.8 Å². The van der Waals surface area contributed by atoms with Gasteiger partial charge in [-0.2, -0.15) is 13.2 Å². The fraction of sp³-hybridized carbons (Fsp3) is 0.133. The minimum Gasteiger partial charge on any atom is -0.476 e. The van der Waals surface area contributed by atoms with E-state index in [0.717, 1.165) is 24.3 Å². The first kappa shape index (κ1) is 18.2. The van der Waals surface area contributed by atoms with Crippen LogP contribution in [0.3, 0.4) is 0 Å². The Morgan fingerprint density at radius 1 is 1.04 bits per heavy atom. The van der Waals surface area contributed by atoms with Gasteiger partial charge in [-0.15, -0.1) is 0 Å². The van der Waals surface area contributed by atoms with E-state index in [1.54, 1.807) is 0 Å². The van der Waals surface area contributed by atoms with Crippen molar-refractivity contribution in [3.8, 4) is 11.5 Å². The predicted molar refractivity (Wildman–Crippen MR) is 80.6 cm³/mol. The third-order valence-electron chi connectivity index (χ3n) is 2.75. The van der Waals surface area contributed by atoms with Gasteiger partial charge in [0, 0.05) is 5.02 Å². The minimum atomic E-state index is -4.50. The molecule has 128 valence electrons. The third kappa shape index (κ3) is 4.69. The number of aliphatic carboxylic acids is 1. The van der Waals surface area contributed by atoms with E-state index in [1.807, 2.05) is 0 Å². The predicted octanol–water partition coefficient (Wildman–Crippen LogP) is 4.88. The van der Waals surface area contributed by atoms with Crippen molar-refractivity contribution in [3.63, 3.8) is 0 Å². The van der Waals surface area contributed by atoms with Gasteiger partial charge in [-0.25, -0.2) is 4.79 Å². The molecule has 0 bridgehead atoms. The van der Waals surface area contributed by atoms with Crippen molar-refractivity contribution >= 4 is 29.2 Å². The molecule has 0 amide bonds. The van der Waals surface area contributed by atoms with Crippen LogP contribution in [-0.2, 0) is 11.0 Å². The van der Waals surface area contributed by atoms with E-state index in [9.17, 15) is 18.0 Å². The normalized spacial score (nSPS) is 12.5. The number of carbonyl (C=O) groups is 1. The van der Waals surface area contributed by atoms with Gasteiger partial charge in [0.15, 0.2) is 0 Å². The van der Waals surface area contributed by atoms with E-state index >= 15 is 0 Å². The van der Waals surface area contributed by atoms with Crippen LogP contribution in [-0.4, -0.2) is 17.4 Å². The lowest BCUT2D eigenvalue weighted by Gasteiger charge is -2.18. The molecule has 0 spiro atoms. The molecule has 9 heteroatoms. The second-order valence-electron chi connectivity index (χ2n) is 4.50. The Hall–Kier alpha value is -2.12. The Morgan fingerprint density at radius 2 is 1.67 bits per heavy atom. The molecule has 2 rings (SSSR count). The highest BCUT2D eigenvalue weighted by molar-refractivity contribution is 6.35. The highest BCUT2D eigenvalue weighted by Crippen LogP contribution is 2.31. The SMILES string of the molecule is O=C(O)C(Oc1ccc(C(F)(F)F)cc1)Oc1ccc(Cl)cc1Cl. The molecule has 0 radical (unpaired) electrons. The molecule has 1 N–H and O–H groups in total. The van der Waals surface area contributed by atoms with Crippen LogP contribution in [0.1, 0.15) is 5.56 Å². The molecule has 24 heavy (non-hydrogen) atoms. The molecule has 0 aliphatic rings. The van der Waals surface area contributed by atoms with Gasteiger partial charge >= 0.3 is 18.4 Å². The number of halogens is 5. The van der Waals surface area contributed by atoms with Gasteiger partial charge in [-0.3, -0.25) is 0 Å². The molecular formula is C15H9Cl2F3O4. The van der Waals surface area contributed by atoms with Gasteiger partial charge in [-0.05, 0) is 42.5 Å². The first-order valence-corrected chi connectivity index (χ1v) is 7.11. The maximum absolute atomic E-state index is 12.5. The molecule has 1 atom stereocenters. The van der Waals surface area contributed by atoms with Crippen LogP contribution in [0.2, 0.25) is 10.0 Å². The molecule has 0 aliphatic heterocycles. The van der Waals surface area contributed by atoms with E-state index in [2.05, 4.69) is 0 Å². The average molecular weight is 381 g/mol. The van der Waals surface area contributed by atoms with Crippen LogP contribution in [0.15, 0.2) is 42.5 Å². The lowest BCUT2D eigenvalue weighted by molar-refractivity contribution is -0.158. The van der Waals surface area contributed by atoms with Crippen LogP contribution < -0.4 is 9.47 Å². The summed E-state index contributed by atoms with van der Waals surface area (Å²) in [5.74, 6) is -1.60. The number of ether oxygens (including phenoxy) is 2. The Kier molecular flexibility index (Phi) is 5.46. The smallest absolute Gasteiger partial charge is 0.416 e. The number of hydrogen-bond donors (Lipinski definition) is 1. The molecule has 0 heterocycles. The molecule has 0 saturated heterocycles. The average Bonchev–Trinajstić information content (AvgIpc) is 2.48. The second-order valence-corrected chi connectivity index (χ2v) is 5.35. The standard InChI is InChI=1S/C15H9Cl2F3O4/c16-9-3-6-12(11(17)7-9)24-14(13(21)22)23-10-4-1-8(2-5-10)15(18,19)20/h1-7,14H,(H,21,22). The summed E-state index contributed by atoms with van der Waals surface area (Å²) in [6, 6.07) is 7.64. The molecule has 2 aromatic rings. The Bertz CT molecular complexity index is 732. The summed E-state index contributed by atoms with van der Waals surface area (Å²) < 4.78 is 47.6. The van der Waals surface area contributed by atoms with Crippen molar-refractivity contribution in [2.75, 3.05) is 0 Å².